The quantitative estimate of drug-likeness (QED) is 0.391. The van der Waals surface area contributed by atoms with E-state index in [1.54, 1.807) is 26.2 Å². The Kier molecular flexibility index (Phi) is 10.4. The fourth-order valence-corrected chi connectivity index (χ4v) is 3.61. The average Bonchev–Trinajstić information content (AvgIpc) is 3.13. The van der Waals surface area contributed by atoms with Crippen LogP contribution in [0, 0.1) is 0 Å². The van der Waals surface area contributed by atoms with Crippen LogP contribution in [0.3, 0.4) is 0 Å². The first-order valence-electron chi connectivity index (χ1n) is 9.60. The first-order chi connectivity index (χ1) is 14.5. The number of aliphatic carboxylic acids is 1. The second-order valence-corrected chi connectivity index (χ2v) is 7.61. The summed E-state index contributed by atoms with van der Waals surface area (Å²) in [5.41, 5.74) is -0.723. The van der Waals surface area contributed by atoms with Gasteiger partial charge in [0.2, 0.25) is 0 Å². The molecule has 9 nitrogen and oxygen atoms in total. The highest BCUT2D eigenvalue weighted by molar-refractivity contribution is 8.14. The Morgan fingerprint density at radius 3 is 2.23 bits per heavy atom. The number of nitrogens with zero attached hydrogens (tertiary/aromatic N) is 1. The summed E-state index contributed by atoms with van der Waals surface area (Å²) in [6.45, 7) is 5.33. The minimum atomic E-state index is -1.19. The summed E-state index contributed by atoms with van der Waals surface area (Å²) in [5.74, 6) is -0.0974. The molecule has 1 aromatic rings. The lowest BCUT2D eigenvalue weighted by molar-refractivity contribution is -0.141. The van der Waals surface area contributed by atoms with E-state index in [9.17, 15) is 15.0 Å². The van der Waals surface area contributed by atoms with Gasteiger partial charge >= 0.3 is 5.97 Å². The number of hydrogen-bond acceptors (Lipinski definition) is 9. The van der Waals surface area contributed by atoms with Crippen molar-refractivity contribution >= 4 is 22.8 Å². The van der Waals surface area contributed by atoms with Crippen molar-refractivity contribution < 1.29 is 38.7 Å². The molecule has 1 aliphatic rings. The summed E-state index contributed by atoms with van der Waals surface area (Å²) in [6.07, 6.45) is 0. The molecule has 1 aliphatic heterocycles. The number of benzene rings is 1. The molecule has 10 heteroatoms. The van der Waals surface area contributed by atoms with Gasteiger partial charge in [0, 0.05) is 12.9 Å². The minimum absolute atomic E-state index is 0.0304. The van der Waals surface area contributed by atoms with E-state index in [1.165, 1.54) is 17.8 Å². The standard InChI is InChI=1S/C20H29NO8S/c1-20(19(23)24)14-30-18(21-20)16-13-15(3-4-17(16)22)29-12-11-28-10-9-27-8-7-26-6-5-25-2/h3-4,13,22H,5-12,14H2,1-2H3,(H,23,24). The molecule has 1 unspecified atom stereocenters. The molecular formula is C20H29NO8S. The van der Waals surface area contributed by atoms with E-state index < -0.39 is 11.5 Å². The lowest BCUT2D eigenvalue weighted by atomic mass is 10.1. The largest absolute Gasteiger partial charge is 0.507 e. The van der Waals surface area contributed by atoms with Crippen LogP contribution in [0.5, 0.6) is 11.5 Å². The van der Waals surface area contributed by atoms with Gasteiger partial charge in [-0.3, -0.25) is 4.99 Å². The molecular weight excluding hydrogens is 414 g/mol. The van der Waals surface area contributed by atoms with E-state index in [-0.39, 0.29) is 5.75 Å². The SMILES string of the molecule is COCCOCCOCCOCCOc1ccc(O)c(C2=NC(C)(C(=O)O)CS2)c1. The number of methoxy groups -OCH3 is 1. The zero-order valence-corrected chi connectivity index (χ0v) is 18.1. The molecule has 0 amide bonds. The smallest absolute Gasteiger partial charge is 0.332 e. The number of hydrogen-bond donors (Lipinski definition) is 2. The maximum atomic E-state index is 11.4. The van der Waals surface area contributed by atoms with Crippen molar-refractivity contribution in [2.45, 2.75) is 12.5 Å². The lowest BCUT2D eigenvalue weighted by Crippen LogP contribution is -2.33. The molecule has 30 heavy (non-hydrogen) atoms. The highest BCUT2D eigenvalue weighted by Crippen LogP contribution is 2.35. The van der Waals surface area contributed by atoms with Crippen molar-refractivity contribution in [1.82, 2.24) is 0 Å². The Balaban J connectivity index is 1.66. The number of thioether (sulfide) groups is 1. The normalized spacial score (nSPS) is 18.4. The van der Waals surface area contributed by atoms with Crippen LogP contribution in [0.4, 0.5) is 0 Å². The van der Waals surface area contributed by atoms with Crippen LogP contribution in [0.2, 0.25) is 0 Å². The molecule has 0 radical (unpaired) electrons. The lowest BCUT2D eigenvalue weighted by Gasteiger charge is -2.12. The van der Waals surface area contributed by atoms with Crippen LogP contribution in [0.15, 0.2) is 23.2 Å². The van der Waals surface area contributed by atoms with E-state index in [0.29, 0.717) is 75.0 Å². The van der Waals surface area contributed by atoms with Gasteiger partial charge in [-0.2, -0.15) is 0 Å². The summed E-state index contributed by atoms with van der Waals surface area (Å²) in [6, 6.07) is 4.80. The number of carbonyl (C=O) groups is 1. The number of phenolic OH excluding ortho intramolecular Hbond substituents is 1. The topological polar surface area (TPSA) is 116 Å². The van der Waals surface area contributed by atoms with Gasteiger partial charge in [0.1, 0.15) is 23.1 Å². The van der Waals surface area contributed by atoms with Crippen molar-refractivity contribution in [2.24, 2.45) is 4.99 Å². The van der Waals surface area contributed by atoms with Crippen LogP contribution >= 0.6 is 11.8 Å². The fraction of sp³-hybridized carbons (Fsp3) is 0.600. The van der Waals surface area contributed by atoms with E-state index >= 15 is 0 Å². The second kappa shape index (κ2) is 12.8. The molecule has 0 bridgehead atoms. The van der Waals surface area contributed by atoms with Gasteiger partial charge in [0.05, 0.1) is 51.8 Å². The Labute approximate surface area is 180 Å². The number of rotatable bonds is 15. The van der Waals surface area contributed by atoms with Crippen LogP contribution in [0.25, 0.3) is 0 Å². The van der Waals surface area contributed by atoms with Gasteiger partial charge in [0.25, 0.3) is 0 Å². The Morgan fingerprint density at radius 1 is 1.07 bits per heavy atom. The Bertz CT molecular complexity index is 714. The number of carboxylic acid groups (broad SMARTS) is 1. The molecule has 168 valence electrons. The molecule has 0 aromatic heterocycles. The maximum absolute atomic E-state index is 11.4. The highest BCUT2D eigenvalue weighted by atomic mass is 32.2. The number of aliphatic imine (C=N–C) groups is 1. The first-order valence-corrected chi connectivity index (χ1v) is 10.6. The molecule has 0 fully saturated rings. The maximum Gasteiger partial charge on any atom is 0.332 e. The molecule has 2 N–H and O–H groups in total. The summed E-state index contributed by atoms with van der Waals surface area (Å²) in [7, 11) is 1.63. The van der Waals surface area contributed by atoms with E-state index in [2.05, 4.69) is 4.99 Å². The number of phenols is 1. The van der Waals surface area contributed by atoms with Gasteiger partial charge in [0.15, 0.2) is 5.54 Å². The molecule has 1 heterocycles. The third-order valence-electron chi connectivity index (χ3n) is 4.17. The van der Waals surface area contributed by atoms with E-state index in [4.69, 9.17) is 23.7 Å². The molecule has 1 atom stereocenters. The Morgan fingerprint density at radius 2 is 1.67 bits per heavy atom. The molecule has 0 saturated heterocycles. The second-order valence-electron chi connectivity index (χ2n) is 6.64. The summed E-state index contributed by atoms with van der Waals surface area (Å²) < 4.78 is 26.6. The summed E-state index contributed by atoms with van der Waals surface area (Å²) >= 11 is 1.30. The van der Waals surface area contributed by atoms with Crippen molar-refractivity contribution in [2.75, 3.05) is 65.7 Å². The number of ether oxygens (including phenoxy) is 5. The first kappa shape index (κ1) is 24.4. The van der Waals surface area contributed by atoms with E-state index in [1.807, 2.05) is 0 Å². The molecule has 0 aliphatic carbocycles. The van der Waals surface area contributed by atoms with E-state index in [0.717, 1.165) is 0 Å². The highest BCUT2D eigenvalue weighted by Gasteiger charge is 2.39. The van der Waals surface area contributed by atoms with Crippen LogP contribution in [-0.4, -0.2) is 92.5 Å². The minimum Gasteiger partial charge on any atom is -0.507 e. The van der Waals surface area contributed by atoms with Gasteiger partial charge in [-0.05, 0) is 25.1 Å². The van der Waals surface area contributed by atoms with Gasteiger partial charge in [-0.15, -0.1) is 11.8 Å². The predicted octanol–water partition coefficient (Wildman–Crippen LogP) is 1.80. The Hall–Kier alpha value is -1.85. The van der Waals surface area contributed by atoms with Crippen LogP contribution in [-0.2, 0) is 23.7 Å². The average molecular weight is 444 g/mol. The molecule has 0 spiro atoms. The third kappa shape index (κ3) is 7.77. The van der Waals surface area contributed by atoms with Gasteiger partial charge < -0.3 is 33.9 Å². The predicted molar refractivity (Wildman–Crippen MR) is 113 cm³/mol. The third-order valence-corrected chi connectivity index (χ3v) is 5.46. The van der Waals surface area contributed by atoms with Crippen molar-refractivity contribution in [1.29, 1.82) is 0 Å². The molecule has 2 rings (SSSR count). The number of carboxylic acids is 1. The van der Waals surface area contributed by atoms with Crippen molar-refractivity contribution in [3.05, 3.63) is 23.8 Å². The van der Waals surface area contributed by atoms with Crippen molar-refractivity contribution in [3.8, 4) is 11.5 Å². The van der Waals surface area contributed by atoms with Gasteiger partial charge in [-0.1, -0.05) is 0 Å². The zero-order valence-electron chi connectivity index (χ0n) is 17.3. The summed E-state index contributed by atoms with van der Waals surface area (Å²) in [5, 5.41) is 19.9. The summed E-state index contributed by atoms with van der Waals surface area (Å²) in [4.78, 5) is 15.6. The molecule has 0 saturated carbocycles. The van der Waals surface area contributed by atoms with Crippen molar-refractivity contribution in [3.63, 3.8) is 0 Å². The van der Waals surface area contributed by atoms with Crippen LogP contribution in [0.1, 0.15) is 12.5 Å². The fourth-order valence-electron chi connectivity index (χ4n) is 2.42. The molecule has 1 aromatic carbocycles. The van der Waals surface area contributed by atoms with Gasteiger partial charge in [-0.25, -0.2) is 4.79 Å². The van der Waals surface area contributed by atoms with Crippen LogP contribution < -0.4 is 4.74 Å². The monoisotopic (exact) mass is 443 g/mol. The number of aromatic hydroxyl groups is 1. The zero-order chi connectivity index (χ0) is 21.8.